The van der Waals surface area contributed by atoms with Crippen molar-refractivity contribution in [2.24, 2.45) is 7.05 Å². The van der Waals surface area contributed by atoms with E-state index in [0.29, 0.717) is 0 Å². The van der Waals surface area contributed by atoms with E-state index in [2.05, 4.69) is 10.5 Å². The van der Waals surface area contributed by atoms with E-state index in [-0.39, 0.29) is 0 Å². The van der Waals surface area contributed by atoms with Gasteiger partial charge in [0.05, 0.1) is 18.4 Å². The Hall–Kier alpha value is -1.07. The Kier molecular flexibility index (Phi) is 3.49. The third kappa shape index (κ3) is 2.24. The minimum atomic E-state index is 0.732. The summed E-state index contributed by atoms with van der Waals surface area (Å²) in [5.74, 6) is 0.817. The van der Waals surface area contributed by atoms with Crippen LogP contribution in [0.3, 0.4) is 0 Å². The largest absolute Gasteiger partial charge is 0.481 e. The van der Waals surface area contributed by atoms with Crippen molar-refractivity contribution >= 4 is 0 Å². The van der Waals surface area contributed by atoms with Crippen molar-refractivity contribution in [3.63, 3.8) is 0 Å². The molecule has 5 heteroatoms. The van der Waals surface area contributed by atoms with Crippen LogP contribution in [-0.4, -0.2) is 36.0 Å². The first-order chi connectivity index (χ1) is 6.56. The van der Waals surface area contributed by atoms with Crippen LogP contribution in [0, 0.1) is 6.92 Å². The molecule has 1 heterocycles. The number of nitrogens with one attached hydrogen (secondary N) is 1. The van der Waals surface area contributed by atoms with Crippen LogP contribution in [0.4, 0.5) is 0 Å². The molecule has 1 rings (SSSR count). The van der Waals surface area contributed by atoms with Gasteiger partial charge in [0, 0.05) is 27.7 Å². The summed E-state index contributed by atoms with van der Waals surface area (Å²) in [6.07, 6.45) is 0. The van der Waals surface area contributed by atoms with Crippen molar-refractivity contribution in [1.29, 1.82) is 0 Å². The smallest absolute Gasteiger partial charge is 0.216 e. The van der Waals surface area contributed by atoms with Crippen LogP contribution in [0.5, 0.6) is 5.88 Å². The molecule has 0 amide bonds. The van der Waals surface area contributed by atoms with E-state index >= 15 is 0 Å². The number of rotatable bonds is 4. The van der Waals surface area contributed by atoms with E-state index in [1.807, 2.05) is 33.1 Å². The number of nitrogens with zero attached hydrogens (tertiary/aromatic N) is 3. The van der Waals surface area contributed by atoms with E-state index < -0.39 is 0 Å². The van der Waals surface area contributed by atoms with Gasteiger partial charge in [0.15, 0.2) is 0 Å². The maximum Gasteiger partial charge on any atom is 0.216 e. The molecule has 0 aromatic carbocycles. The summed E-state index contributed by atoms with van der Waals surface area (Å²) in [6.45, 7) is 2.71. The van der Waals surface area contributed by atoms with Gasteiger partial charge in [-0.3, -0.25) is 10.4 Å². The van der Waals surface area contributed by atoms with Crippen LogP contribution in [0.2, 0.25) is 0 Å². The number of hydrazine groups is 1. The first kappa shape index (κ1) is 11.0. The highest BCUT2D eigenvalue weighted by Crippen LogP contribution is 2.20. The maximum atomic E-state index is 5.27. The molecule has 0 fully saturated rings. The molecule has 0 atom stereocenters. The Morgan fingerprint density at radius 1 is 1.50 bits per heavy atom. The number of methoxy groups -OCH3 is 1. The molecule has 0 aliphatic carbocycles. The summed E-state index contributed by atoms with van der Waals surface area (Å²) < 4.78 is 7.02. The van der Waals surface area contributed by atoms with E-state index in [4.69, 9.17) is 4.74 Å². The van der Waals surface area contributed by atoms with Gasteiger partial charge in [0.2, 0.25) is 5.88 Å². The van der Waals surface area contributed by atoms with Crippen molar-refractivity contribution in [3.8, 4) is 5.88 Å². The first-order valence-corrected chi connectivity index (χ1v) is 4.53. The normalized spacial score (nSPS) is 11.0. The number of hydrogen-bond acceptors (Lipinski definition) is 4. The van der Waals surface area contributed by atoms with Gasteiger partial charge in [-0.15, -0.1) is 0 Å². The predicted molar refractivity (Wildman–Crippen MR) is 55.0 cm³/mol. The summed E-state index contributed by atoms with van der Waals surface area (Å²) in [5.41, 5.74) is 5.29. The summed E-state index contributed by atoms with van der Waals surface area (Å²) in [7, 11) is 7.46. The Labute approximate surface area is 84.6 Å². The van der Waals surface area contributed by atoms with Crippen LogP contribution in [-0.2, 0) is 13.6 Å². The Morgan fingerprint density at radius 2 is 2.14 bits per heavy atom. The molecule has 1 aromatic rings. The van der Waals surface area contributed by atoms with Crippen molar-refractivity contribution < 1.29 is 4.74 Å². The van der Waals surface area contributed by atoms with Crippen LogP contribution in [0.15, 0.2) is 0 Å². The van der Waals surface area contributed by atoms with Crippen molar-refractivity contribution in [2.45, 2.75) is 13.5 Å². The zero-order valence-corrected chi connectivity index (χ0v) is 9.46. The van der Waals surface area contributed by atoms with E-state index in [0.717, 1.165) is 23.7 Å². The lowest BCUT2D eigenvalue weighted by atomic mass is 10.2. The molecule has 0 spiro atoms. The fraction of sp³-hybridized carbons (Fsp3) is 0.667. The Bertz CT molecular complexity index is 306. The average molecular weight is 198 g/mol. The summed E-state index contributed by atoms with van der Waals surface area (Å²) >= 11 is 0. The molecule has 1 N–H and O–H groups in total. The standard InChI is InChI=1S/C9H18N4O/c1-7-8(6-10-12(2)3)9(14-5)13(4)11-7/h10H,6H2,1-5H3. The molecule has 0 bridgehead atoms. The zero-order chi connectivity index (χ0) is 10.7. The second-order valence-corrected chi connectivity index (χ2v) is 3.43. The second kappa shape index (κ2) is 4.43. The summed E-state index contributed by atoms with van der Waals surface area (Å²) in [6, 6.07) is 0. The van der Waals surface area contributed by atoms with Crippen LogP contribution >= 0.6 is 0 Å². The summed E-state index contributed by atoms with van der Waals surface area (Å²) in [4.78, 5) is 0. The monoisotopic (exact) mass is 198 g/mol. The SMILES string of the molecule is COc1c(CNN(C)C)c(C)nn1C. The molecule has 80 valence electrons. The van der Waals surface area contributed by atoms with Crippen LogP contribution < -0.4 is 10.2 Å². The zero-order valence-electron chi connectivity index (χ0n) is 9.46. The quantitative estimate of drug-likeness (QED) is 0.707. The van der Waals surface area contributed by atoms with Gasteiger partial charge in [-0.2, -0.15) is 5.10 Å². The minimum Gasteiger partial charge on any atom is -0.481 e. The molecule has 5 nitrogen and oxygen atoms in total. The van der Waals surface area contributed by atoms with Gasteiger partial charge in [0.25, 0.3) is 0 Å². The molecule has 14 heavy (non-hydrogen) atoms. The lowest BCUT2D eigenvalue weighted by Gasteiger charge is -2.12. The van der Waals surface area contributed by atoms with Gasteiger partial charge >= 0.3 is 0 Å². The van der Waals surface area contributed by atoms with Gasteiger partial charge in [0.1, 0.15) is 0 Å². The van der Waals surface area contributed by atoms with Gasteiger partial charge < -0.3 is 4.74 Å². The third-order valence-electron chi connectivity index (χ3n) is 2.05. The molecule has 0 saturated heterocycles. The second-order valence-electron chi connectivity index (χ2n) is 3.43. The molecular weight excluding hydrogens is 180 g/mol. The van der Waals surface area contributed by atoms with Crippen LogP contribution in [0.25, 0.3) is 0 Å². The molecule has 0 radical (unpaired) electrons. The van der Waals surface area contributed by atoms with Crippen molar-refractivity contribution in [3.05, 3.63) is 11.3 Å². The Balaban J connectivity index is 2.83. The molecule has 0 saturated carbocycles. The molecular formula is C9H18N4O. The lowest BCUT2D eigenvalue weighted by Crippen LogP contribution is -2.29. The minimum absolute atomic E-state index is 0.732. The predicted octanol–water partition coefficient (Wildman–Crippen LogP) is 0.303. The fourth-order valence-electron chi connectivity index (χ4n) is 1.38. The highest BCUT2D eigenvalue weighted by Gasteiger charge is 2.12. The van der Waals surface area contributed by atoms with Crippen molar-refractivity contribution in [2.75, 3.05) is 21.2 Å². The van der Waals surface area contributed by atoms with Crippen LogP contribution in [0.1, 0.15) is 11.3 Å². The average Bonchev–Trinajstić information content (AvgIpc) is 2.36. The highest BCUT2D eigenvalue weighted by molar-refractivity contribution is 5.30. The highest BCUT2D eigenvalue weighted by atomic mass is 16.5. The van der Waals surface area contributed by atoms with E-state index in [9.17, 15) is 0 Å². The van der Waals surface area contributed by atoms with E-state index in [1.165, 1.54) is 0 Å². The molecule has 0 aliphatic heterocycles. The van der Waals surface area contributed by atoms with Gasteiger partial charge in [-0.05, 0) is 6.92 Å². The van der Waals surface area contributed by atoms with Gasteiger partial charge in [-0.1, -0.05) is 0 Å². The lowest BCUT2D eigenvalue weighted by molar-refractivity contribution is 0.281. The number of hydrogen-bond donors (Lipinski definition) is 1. The van der Waals surface area contributed by atoms with Gasteiger partial charge in [-0.25, -0.2) is 4.68 Å². The fourth-order valence-corrected chi connectivity index (χ4v) is 1.38. The van der Waals surface area contributed by atoms with E-state index in [1.54, 1.807) is 11.8 Å². The first-order valence-electron chi connectivity index (χ1n) is 4.53. The number of aromatic nitrogens is 2. The number of aryl methyl sites for hydroxylation is 2. The number of ether oxygens (including phenoxy) is 1. The maximum absolute atomic E-state index is 5.27. The summed E-state index contributed by atoms with van der Waals surface area (Å²) in [5, 5.41) is 6.20. The molecule has 0 aliphatic rings. The third-order valence-corrected chi connectivity index (χ3v) is 2.05. The van der Waals surface area contributed by atoms with Crippen molar-refractivity contribution in [1.82, 2.24) is 20.2 Å². The topological polar surface area (TPSA) is 42.3 Å². The Morgan fingerprint density at radius 3 is 2.64 bits per heavy atom. The molecule has 1 aromatic heterocycles. The molecule has 0 unspecified atom stereocenters.